The lowest BCUT2D eigenvalue weighted by Crippen LogP contribution is -2.47. The third-order valence-electron chi connectivity index (χ3n) is 4.08. The summed E-state index contributed by atoms with van der Waals surface area (Å²) in [5, 5.41) is 8.43. The summed E-state index contributed by atoms with van der Waals surface area (Å²) in [7, 11) is 1.65. The van der Waals surface area contributed by atoms with Crippen molar-refractivity contribution in [2.24, 2.45) is 0 Å². The van der Waals surface area contributed by atoms with E-state index in [1.165, 1.54) is 0 Å². The van der Waals surface area contributed by atoms with Gasteiger partial charge in [-0.1, -0.05) is 5.21 Å². The van der Waals surface area contributed by atoms with Crippen LogP contribution in [0.4, 0.5) is 0 Å². The van der Waals surface area contributed by atoms with Gasteiger partial charge in [0.05, 0.1) is 24.7 Å². The molecule has 1 aromatic heterocycles. The number of methoxy groups -OCH3 is 1. The molecule has 23 heavy (non-hydrogen) atoms. The van der Waals surface area contributed by atoms with E-state index in [0.717, 1.165) is 49.9 Å². The van der Waals surface area contributed by atoms with E-state index in [-0.39, 0.29) is 5.91 Å². The Labute approximate surface area is 135 Å². The molecule has 1 aromatic carbocycles. The van der Waals surface area contributed by atoms with Crippen LogP contribution < -0.4 is 4.74 Å². The van der Waals surface area contributed by atoms with Crippen LogP contribution in [0.1, 0.15) is 12.6 Å². The van der Waals surface area contributed by atoms with Crippen LogP contribution in [0.5, 0.6) is 5.75 Å². The monoisotopic (exact) mass is 315 g/mol. The highest BCUT2D eigenvalue weighted by Crippen LogP contribution is 2.15. The Hall–Kier alpha value is -2.41. The largest absolute Gasteiger partial charge is 0.497 e. The van der Waals surface area contributed by atoms with Gasteiger partial charge in [-0.05, 0) is 24.3 Å². The van der Waals surface area contributed by atoms with Crippen LogP contribution in [0.2, 0.25) is 0 Å². The van der Waals surface area contributed by atoms with E-state index in [0.29, 0.717) is 0 Å². The molecule has 1 aliphatic rings. The van der Waals surface area contributed by atoms with Gasteiger partial charge in [-0.3, -0.25) is 9.69 Å². The fourth-order valence-electron chi connectivity index (χ4n) is 2.68. The maximum atomic E-state index is 11.3. The Morgan fingerprint density at radius 2 is 1.87 bits per heavy atom. The summed E-state index contributed by atoms with van der Waals surface area (Å²) in [6, 6.07) is 7.70. The third-order valence-corrected chi connectivity index (χ3v) is 4.08. The number of benzene rings is 1. The molecule has 2 heterocycles. The van der Waals surface area contributed by atoms with Crippen molar-refractivity contribution in [2.75, 3.05) is 33.3 Å². The molecule has 0 radical (unpaired) electrons. The lowest BCUT2D eigenvalue weighted by molar-refractivity contribution is -0.130. The van der Waals surface area contributed by atoms with Gasteiger partial charge in [-0.25, -0.2) is 4.68 Å². The molecule has 0 bridgehead atoms. The standard InChI is InChI=1S/C16H21N5O2/c1-13(22)20-9-7-19(8-10-20)11-14-12-21(18-17-14)15-3-5-16(23-2)6-4-15/h3-6,12H,7-11H2,1-2H3. The number of hydrogen-bond acceptors (Lipinski definition) is 5. The van der Waals surface area contributed by atoms with E-state index in [2.05, 4.69) is 15.2 Å². The van der Waals surface area contributed by atoms with E-state index in [4.69, 9.17) is 4.74 Å². The summed E-state index contributed by atoms with van der Waals surface area (Å²) in [6.07, 6.45) is 1.94. The van der Waals surface area contributed by atoms with Gasteiger partial charge in [0.2, 0.25) is 5.91 Å². The second kappa shape index (κ2) is 6.78. The number of hydrogen-bond donors (Lipinski definition) is 0. The first-order valence-electron chi connectivity index (χ1n) is 7.69. The summed E-state index contributed by atoms with van der Waals surface area (Å²) in [5.41, 5.74) is 1.88. The number of aromatic nitrogens is 3. The molecule has 2 aromatic rings. The molecule has 0 N–H and O–H groups in total. The fourth-order valence-corrected chi connectivity index (χ4v) is 2.68. The zero-order valence-corrected chi connectivity index (χ0v) is 13.5. The van der Waals surface area contributed by atoms with Crippen LogP contribution in [0.3, 0.4) is 0 Å². The Balaban J connectivity index is 1.60. The molecule has 1 saturated heterocycles. The van der Waals surface area contributed by atoms with Crippen molar-refractivity contribution in [1.29, 1.82) is 0 Å². The van der Waals surface area contributed by atoms with Crippen molar-refractivity contribution in [3.63, 3.8) is 0 Å². The minimum atomic E-state index is 0.148. The second-order valence-electron chi connectivity index (χ2n) is 5.63. The molecule has 1 amide bonds. The van der Waals surface area contributed by atoms with E-state index < -0.39 is 0 Å². The number of nitrogens with zero attached hydrogens (tertiary/aromatic N) is 5. The second-order valence-corrected chi connectivity index (χ2v) is 5.63. The maximum absolute atomic E-state index is 11.3. The highest BCUT2D eigenvalue weighted by molar-refractivity contribution is 5.73. The highest BCUT2D eigenvalue weighted by atomic mass is 16.5. The summed E-state index contributed by atoms with van der Waals surface area (Å²) in [6.45, 7) is 5.67. The number of amides is 1. The Morgan fingerprint density at radius 1 is 1.17 bits per heavy atom. The van der Waals surface area contributed by atoms with Crippen molar-refractivity contribution in [3.8, 4) is 11.4 Å². The molecule has 0 spiro atoms. The highest BCUT2D eigenvalue weighted by Gasteiger charge is 2.19. The van der Waals surface area contributed by atoms with Gasteiger partial charge < -0.3 is 9.64 Å². The molecule has 0 saturated carbocycles. The van der Waals surface area contributed by atoms with Crippen molar-refractivity contribution in [3.05, 3.63) is 36.2 Å². The van der Waals surface area contributed by atoms with Gasteiger partial charge in [0.25, 0.3) is 0 Å². The number of ether oxygens (including phenoxy) is 1. The summed E-state index contributed by atoms with van der Waals surface area (Å²) in [5.74, 6) is 0.965. The topological polar surface area (TPSA) is 63.5 Å². The Bertz CT molecular complexity index is 659. The molecule has 7 nitrogen and oxygen atoms in total. The zero-order chi connectivity index (χ0) is 16.2. The fraction of sp³-hybridized carbons (Fsp3) is 0.438. The lowest BCUT2D eigenvalue weighted by atomic mass is 10.3. The minimum absolute atomic E-state index is 0.148. The smallest absolute Gasteiger partial charge is 0.219 e. The average Bonchev–Trinajstić information content (AvgIpc) is 3.04. The molecule has 0 atom stereocenters. The minimum Gasteiger partial charge on any atom is -0.497 e. The predicted octanol–water partition coefficient (Wildman–Crippen LogP) is 0.940. The molecule has 122 valence electrons. The Morgan fingerprint density at radius 3 is 2.48 bits per heavy atom. The molecule has 3 rings (SSSR count). The van der Waals surface area contributed by atoms with Crippen LogP contribution in [-0.4, -0.2) is 64.0 Å². The van der Waals surface area contributed by atoms with Crippen LogP contribution in [0.15, 0.2) is 30.5 Å². The number of rotatable bonds is 4. The van der Waals surface area contributed by atoms with E-state index in [1.807, 2.05) is 35.4 Å². The quantitative estimate of drug-likeness (QED) is 0.840. The first kappa shape index (κ1) is 15.5. The van der Waals surface area contributed by atoms with Crippen molar-refractivity contribution >= 4 is 5.91 Å². The van der Waals surface area contributed by atoms with E-state index >= 15 is 0 Å². The Kier molecular flexibility index (Phi) is 4.57. The molecular weight excluding hydrogens is 294 g/mol. The van der Waals surface area contributed by atoms with Crippen molar-refractivity contribution < 1.29 is 9.53 Å². The molecule has 1 aliphatic heterocycles. The molecular formula is C16H21N5O2. The molecule has 0 aliphatic carbocycles. The van der Waals surface area contributed by atoms with Crippen molar-refractivity contribution in [1.82, 2.24) is 24.8 Å². The van der Waals surface area contributed by atoms with Gasteiger partial charge in [-0.2, -0.15) is 0 Å². The van der Waals surface area contributed by atoms with Gasteiger partial charge in [-0.15, -0.1) is 5.10 Å². The maximum Gasteiger partial charge on any atom is 0.219 e. The molecule has 0 unspecified atom stereocenters. The normalized spacial score (nSPS) is 15.7. The van der Waals surface area contributed by atoms with Gasteiger partial charge >= 0.3 is 0 Å². The predicted molar refractivity (Wildman–Crippen MR) is 85.4 cm³/mol. The number of piperazine rings is 1. The van der Waals surface area contributed by atoms with E-state index in [9.17, 15) is 4.79 Å². The number of carbonyl (C=O) groups is 1. The summed E-state index contributed by atoms with van der Waals surface area (Å²) in [4.78, 5) is 15.5. The molecule has 1 fully saturated rings. The van der Waals surface area contributed by atoms with E-state index in [1.54, 1.807) is 18.7 Å². The van der Waals surface area contributed by atoms with Crippen LogP contribution in [-0.2, 0) is 11.3 Å². The van der Waals surface area contributed by atoms with Gasteiger partial charge in [0, 0.05) is 39.6 Å². The zero-order valence-electron chi connectivity index (χ0n) is 13.5. The van der Waals surface area contributed by atoms with Crippen LogP contribution in [0.25, 0.3) is 5.69 Å². The number of carbonyl (C=O) groups excluding carboxylic acids is 1. The van der Waals surface area contributed by atoms with Gasteiger partial charge in [0.15, 0.2) is 0 Å². The SMILES string of the molecule is COc1ccc(-n2cc(CN3CCN(C(C)=O)CC3)nn2)cc1. The van der Waals surface area contributed by atoms with Crippen LogP contribution in [0, 0.1) is 0 Å². The van der Waals surface area contributed by atoms with Crippen molar-refractivity contribution in [2.45, 2.75) is 13.5 Å². The lowest BCUT2D eigenvalue weighted by Gasteiger charge is -2.33. The first-order valence-corrected chi connectivity index (χ1v) is 7.69. The average molecular weight is 315 g/mol. The molecule has 7 heteroatoms. The van der Waals surface area contributed by atoms with Crippen LogP contribution >= 0.6 is 0 Å². The first-order chi connectivity index (χ1) is 11.2. The summed E-state index contributed by atoms with van der Waals surface area (Å²) < 4.78 is 6.92. The third kappa shape index (κ3) is 3.68. The summed E-state index contributed by atoms with van der Waals surface area (Å²) >= 11 is 0. The van der Waals surface area contributed by atoms with Gasteiger partial charge in [0.1, 0.15) is 5.75 Å².